The Bertz CT molecular complexity index is 350. The van der Waals surface area contributed by atoms with Gasteiger partial charge in [-0.05, 0) is 20.8 Å². The van der Waals surface area contributed by atoms with Crippen molar-refractivity contribution in [2.45, 2.75) is 32.9 Å². The topological polar surface area (TPSA) is 83.5 Å². The second-order valence-electron chi connectivity index (χ2n) is 3.44. The van der Waals surface area contributed by atoms with Crippen molar-refractivity contribution in [2.24, 2.45) is 10.9 Å². The Morgan fingerprint density at radius 2 is 2.33 bits per heavy atom. The van der Waals surface area contributed by atoms with Gasteiger partial charge in [-0.1, -0.05) is 5.16 Å². The molecule has 0 aliphatic rings. The fraction of sp³-hybridized carbons (Fsp3) is 0.556. The van der Waals surface area contributed by atoms with Gasteiger partial charge in [-0.25, -0.2) is 4.98 Å². The number of thiazole rings is 1. The minimum absolute atomic E-state index is 0.0963. The van der Waals surface area contributed by atoms with Crippen molar-refractivity contribution < 1.29 is 5.21 Å². The van der Waals surface area contributed by atoms with E-state index >= 15 is 0 Å². The van der Waals surface area contributed by atoms with Gasteiger partial charge in [0.25, 0.3) is 0 Å². The summed E-state index contributed by atoms with van der Waals surface area (Å²) in [5.74, 6) is 0.176. The number of aryl methyl sites for hydroxylation is 1. The number of nitrogens with two attached hydrogens (primary N) is 1. The van der Waals surface area contributed by atoms with E-state index in [0.29, 0.717) is 0 Å². The van der Waals surface area contributed by atoms with Gasteiger partial charge in [0.2, 0.25) is 0 Å². The molecule has 4 N–H and O–H groups in total. The van der Waals surface area contributed by atoms with E-state index in [9.17, 15) is 0 Å². The van der Waals surface area contributed by atoms with Crippen LogP contribution >= 0.6 is 11.3 Å². The van der Waals surface area contributed by atoms with Crippen LogP contribution in [0.15, 0.2) is 11.4 Å². The van der Waals surface area contributed by atoms with Crippen molar-refractivity contribution in [1.29, 1.82) is 0 Å². The lowest BCUT2D eigenvalue weighted by atomic mass is 10.2. The molecule has 0 saturated heterocycles. The van der Waals surface area contributed by atoms with E-state index < -0.39 is 0 Å². The summed E-state index contributed by atoms with van der Waals surface area (Å²) in [6, 6.07) is -0.0757. The van der Waals surface area contributed by atoms with Crippen LogP contribution in [0.2, 0.25) is 0 Å². The molecule has 6 heteroatoms. The zero-order valence-corrected chi connectivity index (χ0v) is 9.88. The molecule has 1 aromatic rings. The van der Waals surface area contributed by atoms with Gasteiger partial charge in [0, 0.05) is 11.1 Å². The number of rotatable bonds is 4. The van der Waals surface area contributed by atoms with Gasteiger partial charge >= 0.3 is 0 Å². The molecule has 0 aromatic carbocycles. The Hall–Kier alpha value is -1.14. The Balaban J connectivity index is 2.59. The minimum atomic E-state index is -0.172. The molecule has 1 aromatic heterocycles. The Morgan fingerprint density at radius 1 is 1.67 bits per heavy atom. The predicted octanol–water partition coefficient (Wildman–Crippen LogP) is 1.24. The molecule has 2 unspecified atom stereocenters. The van der Waals surface area contributed by atoms with Gasteiger partial charge in [-0.15, -0.1) is 11.3 Å². The summed E-state index contributed by atoms with van der Waals surface area (Å²) in [4.78, 5) is 5.44. The smallest absolute Gasteiger partial charge is 0.156 e. The monoisotopic (exact) mass is 228 g/mol. The molecule has 1 heterocycles. The molecule has 0 radical (unpaired) electrons. The SMILES string of the molecule is Cc1cnc(C(C)NC(C)/C(N)=N/O)s1. The standard InChI is InChI=1S/C9H16N4OS/c1-5-4-11-9(15-5)7(3)12-6(2)8(10)13-14/h4,6-7,12,14H,1-3H3,(H2,10,13). The van der Waals surface area contributed by atoms with Crippen LogP contribution in [0.5, 0.6) is 0 Å². The van der Waals surface area contributed by atoms with Crippen LogP contribution in [0.25, 0.3) is 0 Å². The number of amidine groups is 1. The van der Waals surface area contributed by atoms with Crippen molar-refractivity contribution in [3.8, 4) is 0 Å². The third-order valence-corrected chi connectivity index (χ3v) is 3.16. The average Bonchev–Trinajstić information content (AvgIpc) is 2.63. The Morgan fingerprint density at radius 3 is 2.80 bits per heavy atom. The first-order valence-electron chi connectivity index (χ1n) is 4.70. The number of nitrogens with one attached hydrogen (secondary N) is 1. The summed E-state index contributed by atoms with van der Waals surface area (Å²) >= 11 is 1.64. The minimum Gasteiger partial charge on any atom is -0.409 e. The van der Waals surface area contributed by atoms with E-state index in [4.69, 9.17) is 10.9 Å². The summed E-state index contributed by atoms with van der Waals surface area (Å²) in [7, 11) is 0. The van der Waals surface area contributed by atoms with Gasteiger partial charge < -0.3 is 10.9 Å². The van der Waals surface area contributed by atoms with E-state index in [2.05, 4.69) is 15.5 Å². The second kappa shape index (κ2) is 5.09. The first-order valence-corrected chi connectivity index (χ1v) is 5.52. The molecule has 84 valence electrons. The third-order valence-electron chi connectivity index (χ3n) is 2.07. The first kappa shape index (κ1) is 11.9. The van der Waals surface area contributed by atoms with Crippen molar-refractivity contribution >= 4 is 17.2 Å². The van der Waals surface area contributed by atoms with Gasteiger partial charge in [-0.3, -0.25) is 5.32 Å². The molecular weight excluding hydrogens is 212 g/mol. The van der Waals surface area contributed by atoms with Crippen molar-refractivity contribution in [1.82, 2.24) is 10.3 Å². The van der Waals surface area contributed by atoms with E-state index in [-0.39, 0.29) is 17.9 Å². The van der Waals surface area contributed by atoms with Crippen LogP contribution in [0.4, 0.5) is 0 Å². The highest BCUT2D eigenvalue weighted by molar-refractivity contribution is 7.11. The number of aromatic nitrogens is 1. The number of hydrogen-bond donors (Lipinski definition) is 3. The van der Waals surface area contributed by atoms with Crippen LogP contribution < -0.4 is 11.1 Å². The average molecular weight is 228 g/mol. The van der Waals surface area contributed by atoms with Crippen LogP contribution in [0.3, 0.4) is 0 Å². The molecule has 0 saturated carbocycles. The third kappa shape index (κ3) is 3.17. The van der Waals surface area contributed by atoms with Crippen LogP contribution in [0, 0.1) is 6.92 Å². The lowest BCUT2D eigenvalue weighted by molar-refractivity contribution is 0.314. The summed E-state index contributed by atoms with van der Waals surface area (Å²) in [6.07, 6.45) is 1.84. The molecule has 0 aliphatic heterocycles. The van der Waals surface area contributed by atoms with Crippen molar-refractivity contribution in [3.63, 3.8) is 0 Å². The largest absolute Gasteiger partial charge is 0.409 e. The number of hydrogen-bond acceptors (Lipinski definition) is 5. The lowest BCUT2D eigenvalue weighted by Crippen LogP contribution is -2.40. The molecular formula is C9H16N4OS. The highest BCUT2D eigenvalue weighted by Crippen LogP contribution is 2.19. The maximum atomic E-state index is 8.50. The molecule has 5 nitrogen and oxygen atoms in total. The fourth-order valence-electron chi connectivity index (χ4n) is 1.19. The van der Waals surface area contributed by atoms with Crippen molar-refractivity contribution in [2.75, 3.05) is 0 Å². The van der Waals surface area contributed by atoms with E-state index in [1.54, 1.807) is 11.3 Å². The molecule has 15 heavy (non-hydrogen) atoms. The van der Waals surface area contributed by atoms with Crippen LogP contribution in [0.1, 0.15) is 29.8 Å². The van der Waals surface area contributed by atoms with Gasteiger partial charge in [-0.2, -0.15) is 0 Å². The maximum absolute atomic E-state index is 8.50. The number of oxime groups is 1. The van der Waals surface area contributed by atoms with Crippen LogP contribution in [-0.4, -0.2) is 22.1 Å². The number of nitrogens with zero attached hydrogens (tertiary/aromatic N) is 2. The van der Waals surface area contributed by atoms with E-state index in [1.807, 2.05) is 27.0 Å². The zero-order valence-electron chi connectivity index (χ0n) is 9.06. The maximum Gasteiger partial charge on any atom is 0.156 e. The molecule has 0 bridgehead atoms. The molecule has 0 aliphatic carbocycles. The summed E-state index contributed by atoms with van der Waals surface area (Å²) < 4.78 is 0. The second-order valence-corrected chi connectivity index (χ2v) is 4.71. The summed E-state index contributed by atoms with van der Waals surface area (Å²) in [5.41, 5.74) is 5.47. The Labute approximate surface area is 93.0 Å². The molecule has 0 fully saturated rings. The fourth-order valence-corrected chi connectivity index (χ4v) is 1.98. The predicted molar refractivity (Wildman–Crippen MR) is 61.3 cm³/mol. The Kier molecular flexibility index (Phi) is 4.05. The highest BCUT2D eigenvalue weighted by Gasteiger charge is 2.14. The normalized spacial score (nSPS) is 16.3. The summed E-state index contributed by atoms with van der Waals surface area (Å²) in [6.45, 7) is 5.85. The van der Waals surface area contributed by atoms with Gasteiger partial charge in [0.1, 0.15) is 5.01 Å². The highest BCUT2D eigenvalue weighted by atomic mass is 32.1. The van der Waals surface area contributed by atoms with Crippen molar-refractivity contribution in [3.05, 3.63) is 16.1 Å². The zero-order chi connectivity index (χ0) is 11.4. The lowest BCUT2D eigenvalue weighted by Gasteiger charge is -2.16. The molecule has 0 spiro atoms. The first-order chi connectivity index (χ1) is 7.04. The summed E-state index contributed by atoms with van der Waals surface area (Å²) in [5, 5.41) is 15.7. The van der Waals surface area contributed by atoms with Gasteiger partial charge in [0.05, 0.1) is 12.1 Å². The molecule has 0 amide bonds. The molecule has 2 atom stereocenters. The van der Waals surface area contributed by atoms with E-state index in [1.165, 1.54) is 4.88 Å². The quantitative estimate of drug-likeness (QED) is 0.313. The van der Waals surface area contributed by atoms with E-state index in [0.717, 1.165) is 5.01 Å². The van der Waals surface area contributed by atoms with Crippen LogP contribution in [-0.2, 0) is 0 Å². The molecule has 1 rings (SSSR count). The van der Waals surface area contributed by atoms with Gasteiger partial charge in [0.15, 0.2) is 5.84 Å².